The van der Waals surface area contributed by atoms with Crippen LogP contribution in [0.2, 0.25) is 0 Å². The Balaban J connectivity index is 1.85. The third kappa shape index (κ3) is 2.33. The molecule has 1 aromatic heterocycles. The Kier molecular flexibility index (Phi) is 3.96. The van der Waals surface area contributed by atoms with Crippen molar-refractivity contribution in [2.45, 2.75) is 16.4 Å². The van der Waals surface area contributed by atoms with Gasteiger partial charge in [-0.15, -0.1) is 17.9 Å². The molecule has 2 aliphatic heterocycles. The first-order valence-corrected chi connectivity index (χ1v) is 8.82. The summed E-state index contributed by atoms with van der Waals surface area (Å²) >= 11 is 1.24. The number of sulfonamides is 1. The van der Waals surface area contributed by atoms with Crippen molar-refractivity contribution < 1.29 is 17.9 Å². The molecule has 110 valence electrons. The smallest absolute Gasteiger partial charge is 0.252 e. The summed E-state index contributed by atoms with van der Waals surface area (Å²) in [6.07, 6.45) is 1.57. The van der Waals surface area contributed by atoms with Gasteiger partial charge in [0, 0.05) is 12.5 Å². The summed E-state index contributed by atoms with van der Waals surface area (Å²) in [7, 11) is -3.44. The van der Waals surface area contributed by atoms with Crippen molar-refractivity contribution in [2.75, 3.05) is 26.4 Å². The fourth-order valence-corrected chi connectivity index (χ4v) is 5.62. The molecule has 0 spiro atoms. The first-order chi connectivity index (χ1) is 9.64. The molecule has 0 N–H and O–H groups in total. The summed E-state index contributed by atoms with van der Waals surface area (Å²) in [5.74, 6) is 0.115. The predicted molar refractivity (Wildman–Crippen MR) is 76.2 cm³/mol. The van der Waals surface area contributed by atoms with E-state index in [4.69, 9.17) is 9.47 Å². The summed E-state index contributed by atoms with van der Waals surface area (Å²) in [6.45, 7) is 5.46. The van der Waals surface area contributed by atoms with Crippen molar-refractivity contribution in [3.05, 3.63) is 30.2 Å². The van der Waals surface area contributed by atoms with Crippen LogP contribution in [0.15, 0.2) is 34.4 Å². The van der Waals surface area contributed by atoms with Crippen LogP contribution in [-0.4, -0.2) is 51.2 Å². The average Bonchev–Trinajstić information content (AvgIpc) is 3.13. The second-order valence-corrected chi connectivity index (χ2v) is 8.00. The molecule has 2 aliphatic rings. The van der Waals surface area contributed by atoms with Crippen LogP contribution in [0.1, 0.15) is 0 Å². The molecule has 2 fully saturated rings. The van der Waals surface area contributed by atoms with Gasteiger partial charge in [0.15, 0.2) is 0 Å². The average molecular weight is 315 g/mol. The first-order valence-electron chi connectivity index (χ1n) is 6.50. The molecule has 3 heterocycles. The van der Waals surface area contributed by atoms with Gasteiger partial charge in [-0.3, -0.25) is 0 Å². The van der Waals surface area contributed by atoms with Crippen LogP contribution in [0, 0.1) is 5.92 Å². The lowest BCUT2D eigenvalue weighted by Crippen LogP contribution is -2.37. The van der Waals surface area contributed by atoms with Crippen molar-refractivity contribution in [1.82, 2.24) is 4.31 Å². The fourth-order valence-electron chi connectivity index (χ4n) is 2.83. The second-order valence-electron chi connectivity index (χ2n) is 4.94. The van der Waals surface area contributed by atoms with Gasteiger partial charge in [-0.1, -0.05) is 12.1 Å². The Labute approximate surface area is 122 Å². The highest BCUT2D eigenvalue weighted by Crippen LogP contribution is 2.36. The Bertz CT molecular complexity index is 569. The third-order valence-corrected chi connectivity index (χ3v) is 7.05. The highest BCUT2D eigenvalue weighted by Gasteiger charge is 2.50. The number of thiophene rings is 1. The monoisotopic (exact) mass is 315 g/mol. The van der Waals surface area contributed by atoms with Crippen LogP contribution < -0.4 is 0 Å². The van der Waals surface area contributed by atoms with E-state index in [0.717, 1.165) is 0 Å². The van der Waals surface area contributed by atoms with Crippen molar-refractivity contribution in [1.29, 1.82) is 0 Å². The van der Waals surface area contributed by atoms with Crippen molar-refractivity contribution >= 4 is 21.4 Å². The molecule has 0 bridgehead atoms. The molecular formula is C13H17NO4S2. The van der Waals surface area contributed by atoms with E-state index in [1.165, 1.54) is 11.3 Å². The first kappa shape index (κ1) is 14.2. The number of fused-ring (bicyclic) bond motifs is 1. The molecule has 7 heteroatoms. The van der Waals surface area contributed by atoms with E-state index in [1.807, 2.05) is 0 Å². The van der Waals surface area contributed by atoms with Crippen molar-refractivity contribution in [3.8, 4) is 0 Å². The van der Waals surface area contributed by atoms with E-state index in [0.29, 0.717) is 30.6 Å². The van der Waals surface area contributed by atoms with Crippen molar-refractivity contribution in [3.63, 3.8) is 0 Å². The predicted octanol–water partition coefficient (Wildman–Crippen LogP) is 1.34. The van der Waals surface area contributed by atoms with Crippen LogP contribution in [0.4, 0.5) is 0 Å². The maximum atomic E-state index is 12.7. The van der Waals surface area contributed by atoms with E-state index < -0.39 is 10.0 Å². The Morgan fingerprint density at radius 1 is 1.55 bits per heavy atom. The van der Waals surface area contributed by atoms with Crippen molar-refractivity contribution in [2.24, 2.45) is 5.92 Å². The number of hydrogen-bond acceptors (Lipinski definition) is 5. The highest BCUT2D eigenvalue weighted by atomic mass is 32.2. The Morgan fingerprint density at radius 2 is 2.40 bits per heavy atom. The lowest BCUT2D eigenvalue weighted by Gasteiger charge is -2.20. The van der Waals surface area contributed by atoms with Gasteiger partial charge < -0.3 is 9.47 Å². The lowest BCUT2D eigenvalue weighted by molar-refractivity contribution is 0.0395. The minimum atomic E-state index is -3.44. The van der Waals surface area contributed by atoms with Gasteiger partial charge in [0.05, 0.1) is 32.0 Å². The summed E-state index contributed by atoms with van der Waals surface area (Å²) in [5, 5.41) is 1.78. The van der Waals surface area contributed by atoms with Gasteiger partial charge in [-0.25, -0.2) is 8.42 Å². The topological polar surface area (TPSA) is 55.8 Å². The van der Waals surface area contributed by atoms with Gasteiger partial charge in [0.1, 0.15) is 4.21 Å². The number of hydrogen-bond donors (Lipinski definition) is 0. The van der Waals surface area contributed by atoms with Gasteiger partial charge in [0.25, 0.3) is 10.0 Å². The van der Waals surface area contributed by atoms with Crippen LogP contribution in [0.25, 0.3) is 0 Å². The number of nitrogens with zero attached hydrogens (tertiary/aromatic N) is 1. The summed E-state index contributed by atoms with van der Waals surface area (Å²) in [4.78, 5) is 0. The zero-order chi connectivity index (χ0) is 14.2. The minimum Gasteiger partial charge on any atom is -0.379 e. The van der Waals surface area contributed by atoms with E-state index in [1.54, 1.807) is 27.9 Å². The van der Waals surface area contributed by atoms with Crippen LogP contribution in [0.3, 0.4) is 0 Å². The third-order valence-electron chi connectivity index (χ3n) is 3.79. The molecule has 2 saturated heterocycles. The van der Waals surface area contributed by atoms with E-state index >= 15 is 0 Å². The molecule has 0 saturated carbocycles. The molecule has 0 aliphatic carbocycles. The molecule has 3 rings (SSSR count). The Morgan fingerprint density at radius 3 is 3.10 bits per heavy atom. The quantitative estimate of drug-likeness (QED) is 0.770. The molecule has 5 nitrogen and oxygen atoms in total. The summed E-state index contributed by atoms with van der Waals surface area (Å²) in [6, 6.07) is 3.28. The maximum absolute atomic E-state index is 12.7. The van der Waals surface area contributed by atoms with Gasteiger partial charge in [0.2, 0.25) is 0 Å². The standard InChI is InChI=1S/C13H17NO4S2/c1-2-5-18-12-7-14(11-9-17-8-10(11)12)20(15,16)13-4-3-6-19-13/h2-4,6,10-12H,1,5,7-9H2/t10-,11+,12-/m1/s1. The second kappa shape index (κ2) is 5.57. The fraction of sp³-hybridized carbons (Fsp3) is 0.538. The zero-order valence-corrected chi connectivity index (χ0v) is 12.6. The Hall–Kier alpha value is -0.730. The normalized spacial score (nSPS) is 30.5. The van der Waals surface area contributed by atoms with Gasteiger partial charge >= 0.3 is 0 Å². The van der Waals surface area contributed by atoms with Crippen LogP contribution >= 0.6 is 11.3 Å². The lowest BCUT2D eigenvalue weighted by atomic mass is 10.0. The van der Waals surface area contributed by atoms with E-state index in [-0.39, 0.29) is 18.1 Å². The summed E-state index contributed by atoms with van der Waals surface area (Å²) in [5.41, 5.74) is 0. The number of ether oxygens (including phenoxy) is 2. The molecule has 1 aromatic rings. The largest absolute Gasteiger partial charge is 0.379 e. The van der Waals surface area contributed by atoms with E-state index in [9.17, 15) is 8.42 Å². The van der Waals surface area contributed by atoms with Gasteiger partial charge in [-0.2, -0.15) is 4.31 Å². The van der Waals surface area contributed by atoms with Crippen LogP contribution in [-0.2, 0) is 19.5 Å². The van der Waals surface area contributed by atoms with Gasteiger partial charge in [-0.05, 0) is 11.4 Å². The molecule has 0 amide bonds. The molecule has 0 aromatic carbocycles. The highest BCUT2D eigenvalue weighted by molar-refractivity contribution is 7.91. The molecule has 0 radical (unpaired) electrons. The number of rotatable bonds is 5. The zero-order valence-electron chi connectivity index (χ0n) is 11.0. The molecule has 3 atom stereocenters. The summed E-state index contributed by atoms with van der Waals surface area (Å²) < 4.78 is 38.4. The molecular weight excluding hydrogens is 298 g/mol. The van der Waals surface area contributed by atoms with Crippen LogP contribution in [0.5, 0.6) is 0 Å². The minimum absolute atomic E-state index is 0.114. The maximum Gasteiger partial charge on any atom is 0.252 e. The SMILES string of the molecule is C=CCO[C@@H]1CN(S(=O)(=O)c2cccs2)[C@H]2COC[C@@H]12. The van der Waals surface area contributed by atoms with E-state index in [2.05, 4.69) is 6.58 Å². The molecule has 20 heavy (non-hydrogen) atoms. The molecule has 0 unspecified atom stereocenters.